The molecule has 0 unspecified atom stereocenters. The third-order valence-corrected chi connectivity index (χ3v) is 2.54. The first-order valence-electron chi connectivity index (χ1n) is 6.07. The van der Waals surface area contributed by atoms with Crippen molar-refractivity contribution in [1.82, 2.24) is 0 Å². The molecule has 82 valence electrons. The molecule has 16 heavy (non-hydrogen) atoms. The van der Waals surface area contributed by atoms with E-state index in [2.05, 4.69) is 0 Å². The van der Waals surface area contributed by atoms with Crippen LogP contribution in [-0.4, -0.2) is 7.05 Å². The van der Waals surface area contributed by atoms with Gasteiger partial charge in [-0.15, -0.1) is 0 Å². The average molecular weight is 234 g/mol. The van der Waals surface area contributed by atoms with E-state index in [0.29, 0.717) is 10.6 Å². The van der Waals surface area contributed by atoms with E-state index in [4.69, 9.17) is 14.3 Å². The lowest BCUT2D eigenvalue weighted by atomic mass is 10.2. The van der Waals surface area contributed by atoms with Crippen LogP contribution in [0.5, 0.6) is 0 Å². The highest BCUT2D eigenvalue weighted by Crippen LogP contribution is 2.16. The molecule has 0 aliphatic carbocycles. The van der Waals surface area contributed by atoms with Crippen LogP contribution in [0.25, 0.3) is 0 Å². The summed E-state index contributed by atoms with van der Waals surface area (Å²) in [5, 5.41) is 0.608. The van der Waals surface area contributed by atoms with Gasteiger partial charge in [0.05, 0.1) is 2.74 Å². The first kappa shape index (κ1) is 8.66. The van der Waals surface area contributed by atoms with Crippen LogP contribution in [0, 0.1) is 0 Å². The summed E-state index contributed by atoms with van der Waals surface area (Å²) < 4.78 is 16.5. The predicted octanol–water partition coefficient (Wildman–Crippen LogP) is 3.98. The Balaban J connectivity index is 2.33. The maximum absolute atomic E-state index is 8.23. The van der Waals surface area contributed by atoms with Gasteiger partial charge in [0.25, 0.3) is 0 Å². The fourth-order valence-corrected chi connectivity index (χ4v) is 1.56. The lowest BCUT2D eigenvalue weighted by molar-refractivity contribution is 0.923. The number of hydrogen-bond acceptors (Lipinski definition) is 1. The minimum absolute atomic E-state index is 0.582. The van der Waals surface area contributed by atoms with Crippen molar-refractivity contribution < 1.29 is 2.74 Å². The van der Waals surface area contributed by atoms with E-state index in [1.807, 2.05) is 30.3 Å². The predicted molar refractivity (Wildman–Crippen MR) is 70.0 cm³/mol. The summed E-state index contributed by atoms with van der Waals surface area (Å²) >= 11 is 5.82. The van der Waals surface area contributed by atoms with Gasteiger partial charge in [-0.2, -0.15) is 0 Å². The van der Waals surface area contributed by atoms with Crippen LogP contribution in [0.15, 0.2) is 54.6 Å². The molecule has 0 N–H and O–H groups in total. The van der Waals surface area contributed by atoms with Crippen LogP contribution in [0.1, 0.15) is 8.30 Å². The molecule has 2 rings (SSSR count). The Morgan fingerprint density at radius 1 is 1.06 bits per heavy atom. The Kier molecular flexibility index (Phi) is 2.73. The van der Waals surface area contributed by atoms with Crippen molar-refractivity contribution in [3.05, 3.63) is 65.2 Å². The molecule has 0 aromatic heterocycles. The van der Waals surface area contributed by atoms with Gasteiger partial charge < -0.3 is 4.90 Å². The summed E-state index contributed by atoms with van der Waals surface area (Å²) in [4.78, 5) is 1.61. The second-order valence-corrected chi connectivity index (χ2v) is 3.95. The van der Waals surface area contributed by atoms with Crippen molar-refractivity contribution in [3.63, 3.8) is 0 Å². The van der Waals surface area contributed by atoms with E-state index in [-0.39, 0.29) is 0 Å². The first-order chi connectivity index (χ1) is 8.51. The third-order valence-electron chi connectivity index (χ3n) is 2.28. The minimum Gasteiger partial charge on any atom is -0.370 e. The number of halogens is 1. The summed E-state index contributed by atoms with van der Waals surface area (Å²) in [5.74, 6) is 0. The Labute approximate surface area is 104 Å². The third kappa shape index (κ3) is 2.77. The molecule has 2 aromatic rings. The normalized spacial score (nSPS) is 12.9. The van der Waals surface area contributed by atoms with Crippen LogP contribution in [0.4, 0.5) is 5.69 Å². The highest BCUT2D eigenvalue weighted by atomic mass is 35.5. The molecule has 0 radical (unpaired) electrons. The zero-order chi connectivity index (χ0) is 13.2. The van der Waals surface area contributed by atoms with E-state index in [0.717, 1.165) is 5.69 Å². The van der Waals surface area contributed by atoms with Gasteiger partial charge in [-0.3, -0.25) is 0 Å². The van der Waals surface area contributed by atoms with E-state index in [1.54, 1.807) is 36.2 Å². The van der Waals surface area contributed by atoms with Gasteiger partial charge in [-0.25, -0.2) is 0 Å². The fourth-order valence-electron chi connectivity index (χ4n) is 1.43. The van der Waals surface area contributed by atoms with Crippen molar-refractivity contribution in [3.8, 4) is 0 Å². The Bertz CT molecular complexity index is 511. The van der Waals surface area contributed by atoms with Gasteiger partial charge in [0, 0.05) is 24.3 Å². The molecule has 0 bridgehead atoms. The number of para-hydroxylation sites is 1. The second-order valence-electron chi connectivity index (χ2n) is 3.51. The number of hydrogen-bond donors (Lipinski definition) is 0. The van der Waals surface area contributed by atoms with Crippen molar-refractivity contribution in [2.24, 2.45) is 0 Å². The standard InChI is InChI=1S/C14H14ClN/c1-16(14-5-3-2-4-6-14)11-12-7-9-13(15)10-8-12/h2-10H,11H2,1H3/i11D2. The topological polar surface area (TPSA) is 3.24 Å². The summed E-state index contributed by atoms with van der Waals surface area (Å²) in [6.45, 7) is -1.58. The summed E-state index contributed by atoms with van der Waals surface area (Å²) in [6.07, 6.45) is 0. The Morgan fingerprint density at radius 2 is 1.69 bits per heavy atom. The van der Waals surface area contributed by atoms with E-state index in [9.17, 15) is 0 Å². The number of nitrogens with zero attached hydrogens (tertiary/aromatic N) is 1. The molecule has 0 saturated heterocycles. The Hall–Kier alpha value is -1.47. The second kappa shape index (κ2) is 5.04. The van der Waals surface area contributed by atoms with Crippen molar-refractivity contribution in [1.29, 1.82) is 0 Å². The number of benzene rings is 2. The van der Waals surface area contributed by atoms with Crippen LogP contribution < -0.4 is 4.90 Å². The summed E-state index contributed by atoms with van der Waals surface area (Å²) in [7, 11) is 1.74. The molecule has 2 aromatic carbocycles. The van der Waals surface area contributed by atoms with Crippen molar-refractivity contribution in [2.75, 3.05) is 11.9 Å². The summed E-state index contributed by atoms with van der Waals surface area (Å²) in [6, 6.07) is 16.3. The molecule has 0 spiro atoms. The maximum Gasteiger partial charge on any atom is 0.0544 e. The molecule has 0 heterocycles. The van der Waals surface area contributed by atoms with Crippen LogP contribution in [-0.2, 0) is 6.50 Å². The Morgan fingerprint density at radius 3 is 2.31 bits per heavy atom. The van der Waals surface area contributed by atoms with Gasteiger partial charge in [0.1, 0.15) is 0 Å². The quantitative estimate of drug-likeness (QED) is 0.775. The summed E-state index contributed by atoms with van der Waals surface area (Å²) in [5.41, 5.74) is 1.41. The first-order valence-corrected chi connectivity index (χ1v) is 5.44. The SMILES string of the molecule is [2H]C([2H])(c1ccc(Cl)cc1)N(C)c1ccccc1. The number of rotatable bonds is 3. The maximum atomic E-state index is 8.23. The molecular weight excluding hydrogens is 218 g/mol. The van der Waals surface area contributed by atoms with E-state index >= 15 is 0 Å². The van der Waals surface area contributed by atoms with Gasteiger partial charge >= 0.3 is 0 Å². The van der Waals surface area contributed by atoms with Crippen molar-refractivity contribution >= 4 is 17.3 Å². The average Bonchev–Trinajstić information content (AvgIpc) is 2.39. The molecule has 1 nitrogen and oxygen atoms in total. The van der Waals surface area contributed by atoms with Gasteiger partial charge in [0.15, 0.2) is 0 Å². The molecule has 0 saturated carbocycles. The lowest BCUT2D eigenvalue weighted by Gasteiger charge is -2.19. The largest absolute Gasteiger partial charge is 0.370 e. The zero-order valence-electron chi connectivity index (χ0n) is 11.0. The van der Waals surface area contributed by atoms with E-state index in [1.165, 1.54) is 0 Å². The molecule has 0 atom stereocenters. The molecule has 0 aliphatic heterocycles. The van der Waals surface area contributed by atoms with Gasteiger partial charge in [0.2, 0.25) is 0 Å². The number of anilines is 1. The molecule has 0 fully saturated rings. The smallest absolute Gasteiger partial charge is 0.0544 e. The monoisotopic (exact) mass is 233 g/mol. The zero-order valence-corrected chi connectivity index (χ0v) is 9.78. The molecule has 2 heteroatoms. The van der Waals surface area contributed by atoms with Crippen LogP contribution in [0.2, 0.25) is 5.02 Å². The van der Waals surface area contributed by atoms with Gasteiger partial charge in [-0.1, -0.05) is 41.9 Å². The van der Waals surface area contributed by atoms with E-state index < -0.39 is 6.50 Å². The van der Waals surface area contributed by atoms with Gasteiger partial charge in [-0.05, 0) is 29.8 Å². The molecule has 0 aliphatic rings. The van der Waals surface area contributed by atoms with Crippen LogP contribution in [0.3, 0.4) is 0 Å². The molecular formula is C14H14ClN. The van der Waals surface area contributed by atoms with Crippen molar-refractivity contribution in [2.45, 2.75) is 6.50 Å². The fraction of sp³-hybridized carbons (Fsp3) is 0.143. The highest BCUT2D eigenvalue weighted by molar-refractivity contribution is 6.30. The molecule has 0 amide bonds. The minimum atomic E-state index is -1.58. The lowest BCUT2D eigenvalue weighted by Crippen LogP contribution is -2.15. The highest BCUT2D eigenvalue weighted by Gasteiger charge is 2.00. The van der Waals surface area contributed by atoms with Crippen LogP contribution >= 0.6 is 11.6 Å².